The molecule has 3 aromatic heterocycles. The molecule has 0 aliphatic carbocycles. The Balaban J connectivity index is 1.23. The number of fused-ring (bicyclic) bond motifs is 3. The molecule has 0 saturated carbocycles. The quantitative estimate of drug-likeness (QED) is 0.144. The molecular weight excluding hydrogens is 767 g/mol. The van der Waals surface area contributed by atoms with Crippen LogP contribution < -0.4 is 30.5 Å². The van der Waals surface area contributed by atoms with Crippen molar-refractivity contribution in [1.29, 1.82) is 0 Å². The standard InChI is InChI=1S/C48H32O2P2S3/c49-51(33-19-5-1-6-20-33,34-21-7-2-8-22-34)47-41-31-17-15-29-39(41)45(54-47)43-37-27-13-14-28-38(37)44(53-43)46-40-30-16-18-32-42(40)48(55-46)52(50,35-23-9-3-10-24-35)36-25-11-4-12-26-36/h1-32H. The third kappa shape index (κ3) is 5.49. The summed E-state index contributed by atoms with van der Waals surface area (Å²) in [5, 5.41) is 9.87. The van der Waals surface area contributed by atoms with Gasteiger partial charge in [0.15, 0.2) is 14.3 Å². The van der Waals surface area contributed by atoms with Crippen molar-refractivity contribution in [3.63, 3.8) is 0 Å². The zero-order chi connectivity index (χ0) is 37.0. The fraction of sp³-hybridized carbons (Fsp3) is 0. The van der Waals surface area contributed by atoms with E-state index in [0.29, 0.717) is 0 Å². The molecule has 55 heavy (non-hydrogen) atoms. The summed E-state index contributed by atoms with van der Waals surface area (Å²) in [7, 11) is -6.49. The van der Waals surface area contributed by atoms with Gasteiger partial charge in [-0.1, -0.05) is 194 Å². The summed E-state index contributed by atoms with van der Waals surface area (Å²) < 4.78 is 33.5. The van der Waals surface area contributed by atoms with E-state index in [1.807, 2.05) is 121 Å². The van der Waals surface area contributed by atoms with E-state index in [9.17, 15) is 0 Å². The predicted octanol–water partition coefficient (Wildman–Crippen LogP) is 11.9. The van der Waals surface area contributed by atoms with Gasteiger partial charge in [-0.05, 0) is 0 Å². The molecule has 0 spiro atoms. The minimum Gasteiger partial charge on any atom is -0.308 e. The van der Waals surface area contributed by atoms with E-state index in [2.05, 4.69) is 72.8 Å². The molecule has 264 valence electrons. The van der Waals surface area contributed by atoms with Crippen LogP contribution in [0.15, 0.2) is 194 Å². The van der Waals surface area contributed by atoms with E-state index < -0.39 is 14.3 Å². The van der Waals surface area contributed by atoms with E-state index in [-0.39, 0.29) is 0 Å². The SMILES string of the molecule is O=P(c1ccccc1)(c1ccccc1)c1sc(-c2sc(-c3sc(P(=O)(c4ccccc4)c4ccccc4)c4ccccc34)c3ccccc23)c2ccccc12. The Kier molecular flexibility index (Phi) is 8.67. The normalized spacial score (nSPS) is 12.1. The molecule has 0 unspecified atom stereocenters. The van der Waals surface area contributed by atoms with Crippen molar-refractivity contribution in [3.8, 4) is 19.5 Å². The molecular formula is C48H32O2P2S3. The van der Waals surface area contributed by atoms with E-state index in [0.717, 1.165) is 82.3 Å². The number of rotatable bonds is 8. The molecule has 0 aliphatic rings. The zero-order valence-electron chi connectivity index (χ0n) is 29.4. The lowest BCUT2D eigenvalue weighted by molar-refractivity contribution is 0.592. The van der Waals surface area contributed by atoms with Crippen molar-refractivity contribution in [1.82, 2.24) is 0 Å². The largest absolute Gasteiger partial charge is 0.308 e. The molecule has 2 nitrogen and oxygen atoms in total. The van der Waals surface area contributed by atoms with E-state index in [1.165, 1.54) is 0 Å². The highest BCUT2D eigenvalue weighted by molar-refractivity contribution is 7.90. The number of benzene rings is 7. The Labute approximate surface area is 331 Å². The highest BCUT2D eigenvalue weighted by Crippen LogP contribution is 2.56. The van der Waals surface area contributed by atoms with Crippen molar-refractivity contribution in [3.05, 3.63) is 194 Å². The fourth-order valence-electron chi connectivity index (χ4n) is 7.70. The van der Waals surface area contributed by atoms with Crippen molar-refractivity contribution in [2.45, 2.75) is 0 Å². The van der Waals surface area contributed by atoms with E-state index >= 15 is 9.13 Å². The second kappa shape index (κ2) is 13.9. The maximum absolute atomic E-state index is 15.8. The average Bonchev–Trinajstić information content (AvgIpc) is 3.97. The third-order valence-electron chi connectivity index (χ3n) is 10.3. The minimum atomic E-state index is -3.25. The van der Waals surface area contributed by atoms with Gasteiger partial charge in [0.1, 0.15) is 0 Å². The van der Waals surface area contributed by atoms with Crippen LogP contribution in [0.4, 0.5) is 0 Å². The summed E-state index contributed by atoms with van der Waals surface area (Å²) in [5.41, 5.74) is 0. The van der Waals surface area contributed by atoms with Crippen molar-refractivity contribution < 1.29 is 9.13 Å². The van der Waals surface area contributed by atoms with E-state index in [1.54, 1.807) is 34.0 Å². The molecule has 0 bridgehead atoms. The summed E-state index contributed by atoms with van der Waals surface area (Å²) in [6.07, 6.45) is 0. The first-order valence-electron chi connectivity index (χ1n) is 18.1. The lowest BCUT2D eigenvalue weighted by Gasteiger charge is -2.18. The van der Waals surface area contributed by atoms with Gasteiger partial charge in [-0.15, -0.1) is 34.0 Å². The predicted molar refractivity (Wildman–Crippen MR) is 242 cm³/mol. The Morgan fingerprint density at radius 3 is 0.764 bits per heavy atom. The highest BCUT2D eigenvalue weighted by atomic mass is 32.1. The van der Waals surface area contributed by atoms with Gasteiger partial charge >= 0.3 is 0 Å². The first-order chi connectivity index (χ1) is 27.1. The number of thiophene rings is 3. The van der Waals surface area contributed by atoms with Crippen LogP contribution in [0.5, 0.6) is 0 Å². The Bertz CT molecular complexity index is 2800. The summed E-state index contributed by atoms with van der Waals surface area (Å²) in [4.78, 5) is 4.54. The van der Waals surface area contributed by atoms with Crippen LogP contribution in [-0.2, 0) is 9.13 Å². The second-order valence-electron chi connectivity index (χ2n) is 13.4. The highest BCUT2D eigenvalue weighted by Gasteiger charge is 2.36. The molecule has 0 fully saturated rings. The van der Waals surface area contributed by atoms with Crippen LogP contribution in [0.3, 0.4) is 0 Å². The van der Waals surface area contributed by atoms with Gasteiger partial charge in [0.25, 0.3) is 0 Å². The van der Waals surface area contributed by atoms with Crippen molar-refractivity contribution >= 4 is 111 Å². The monoisotopic (exact) mass is 798 g/mol. The van der Waals surface area contributed by atoms with Gasteiger partial charge < -0.3 is 9.13 Å². The van der Waals surface area contributed by atoms with Crippen molar-refractivity contribution in [2.75, 3.05) is 0 Å². The van der Waals surface area contributed by atoms with Gasteiger partial charge in [0, 0.05) is 53.5 Å². The lowest BCUT2D eigenvalue weighted by atomic mass is 10.1. The molecule has 0 radical (unpaired) electrons. The van der Waals surface area contributed by atoms with Crippen LogP contribution in [0.2, 0.25) is 0 Å². The average molecular weight is 799 g/mol. The minimum absolute atomic E-state index is 0.829. The Hall–Kier alpha value is -5.12. The Morgan fingerprint density at radius 2 is 0.473 bits per heavy atom. The molecule has 3 heterocycles. The van der Waals surface area contributed by atoms with Crippen LogP contribution in [-0.4, -0.2) is 0 Å². The Morgan fingerprint density at radius 1 is 0.255 bits per heavy atom. The first kappa shape index (κ1) is 34.4. The van der Waals surface area contributed by atoms with Gasteiger partial charge in [-0.25, -0.2) is 0 Å². The van der Waals surface area contributed by atoms with Crippen molar-refractivity contribution in [2.24, 2.45) is 0 Å². The van der Waals surface area contributed by atoms with Gasteiger partial charge in [0.05, 0.1) is 28.7 Å². The van der Waals surface area contributed by atoms with E-state index in [4.69, 9.17) is 0 Å². The summed E-state index contributed by atoms with van der Waals surface area (Å²) >= 11 is 5.10. The third-order valence-corrected chi connectivity index (χ3v) is 21.7. The van der Waals surface area contributed by atoms with Crippen LogP contribution in [0.25, 0.3) is 51.8 Å². The molecule has 7 heteroatoms. The molecule has 0 amide bonds. The summed E-state index contributed by atoms with van der Waals surface area (Å²) in [6, 6.07) is 65.3. The molecule has 0 atom stereocenters. The van der Waals surface area contributed by atoms with Crippen LogP contribution in [0.1, 0.15) is 0 Å². The number of hydrogen-bond donors (Lipinski definition) is 0. The number of hydrogen-bond acceptors (Lipinski definition) is 5. The molecule has 0 saturated heterocycles. The second-order valence-corrected chi connectivity index (χ2v) is 22.5. The molecule has 0 N–H and O–H groups in total. The fourth-order valence-corrected chi connectivity index (χ4v) is 19.1. The lowest BCUT2D eigenvalue weighted by Crippen LogP contribution is -2.23. The molecule has 10 aromatic rings. The summed E-state index contributed by atoms with van der Waals surface area (Å²) in [5.74, 6) is 0. The smallest absolute Gasteiger partial charge is 0.181 e. The maximum atomic E-state index is 15.8. The maximum Gasteiger partial charge on any atom is 0.181 e. The van der Waals surface area contributed by atoms with Gasteiger partial charge in [-0.2, -0.15) is 0 Å². The molecule has 0 aliphatic heterocycles. The van der Waals surface area contributed by atoms with Crippen LogP contribution >= 0.6 is 48.3 Å². The van der Waals surface area contributed by atoms with Crippen LogP contribution in [0, 0.1) is 0 Å². The molecule has 10 rings (SSSR count). The zero-order valence-corrected chi connectivity index (χ0v) is 33.6. The van der Waals surface area contributed by atoms with Gasteiger partial charge in [-0.3, -0.25) is 0 Å². The summed E-state index contributed by atoms with van der Waals surface area (Å²) in [6.45, 7) is 0. The van der Waals surface area contributed by atoms with Gasteiger partial charge in [0.2, 0.25) is 0 Å². The molecule has 7 aromatic carbocycles. The first-order valence-corrected chi connectivity index (χ1v) is 23.9. The topological polar surface area (TPSA) is 34.1 Å².